The Morgan fingerprint density at radius 1 is 0.942 bits per heavy atom. The number of carbonyl (C=O) groups is 5. The van der Waals surface area contributed by atoms with Crippen LogP contribution in [0, 0.1) is 28.7 Å². The summed E-state index contributed by atoms with van der Waals surface area (Å²) in [6.45, 7) is 5.51. The number of ether oxygens (including phenoxy) is 1. The number of aromatic nitrogens is 3. The topological polar surface area (TPSA) is 165 Å². The molecule has 1 atom stereocenters. The first-order chi connectivity index (χ1) is 33.2. The molecule has 3 aliphatic heterocycles. The number of aldehydes is 1. The number of fused-ring (bicyclic) bond motifs is 1. The number of nitrogens with zero attached hydrogens (tertiary/aromatic N) is 6. The average Bonchev–Trinajstić information content (AvgIpc) is 4.05. The minimum atomic E-state index is -1.13. The summed E-state index contributed by atoms with van der Waals surface area (Å²) < 4.78 is 71.8. The molecule has 69 heavy (non-hydrogen) atoms. The third-order valence-corrected chi connectivity index (χ3v) is 13.0. The van der Waals surface area contributed by atoms with Crippen LogP contribution < -0.4 is 25.2 Å². The Morgan fingerprint density at radius 3 is 2.33 bits per heavy atom. The van der Waals surface area contributed by atoms with Gasteiger partial charge in [-0.3, -0.25) is 23.9 Å². The van der Waals surface area contributed by atoms with Crippen molar-refractivity contribution in [2.75, 3.05) is 77.3 Å². The zero-order chi connectivity index (χ0) is 49.6. The molecular weight excluding hydrogens is 899 g/mol. The third-order valence-electron chi connectivity index (χ3n) is 13.0. The number of benzene rings is 3. The van der Waals surface area contributed by atoms with Gasteiger partial charge in [-0.2, -0.15) is 5.10 Å². The van der Waals surface area contributed by atoms with E-state index in [1.807, 2.05) is 27.9 Å². The molecule has 15 nitrogen and oxygen atoms in total. The van der Waals surface area contributed by atoms with Gasteiger partial charge in [-0.25, -0.2) is 17.6 Å². The van der Waals surface area contributed by atoms with Crippen LogP contribution >= 0.6 is 0 Å². The van der Waals surface area contributed by atoms with Crippen LogP contribution in [0.5, 0.6) is 5.75 Å². The molecular formula is C50H57F4N9O6. The Bertz CT molecular complexity index is 2740. The standard InChI is InChI=1S/C44H47F4N7O6.C6H10N2/c1-49-42(59)32(8-6-16-56)51-41(58)30-18-31(45)35(20-36(30)61-4)55-22-44(23-55)11-14-54(15-12-44)34-10-9-26(37(46)39(34)48)28-17-27(25-7-5-13-53(21-25)24-57)38(47)40-29(28)19-33(50-40)43(60)52(2)3;1-2-5-8-6-3-4-7-8/h7,9-10,16-20,24,32,50H,5-6,8,11-15,21-23H2,1-4H3,(H,49,59)(H,51,58);3-4,6H,2,5H2,1H3. The highest BCUT2D eigenvalue weighted by Crippen LogP contribution is 2.46. The normalized spacial score (nSPS) is 15.7. The van der Waals surface area contributed by atoms with Crippen molar-refractivity contribution in [3.05, 3.63) is 101 Å². The number of aromatic amines is 1. The maximum Gasteiger partial charge on any atom is 0.269 e. The average molecular weight is 956 g/mol. The summed E-state index contributed by atoms with van der Waals surface area (Å²) in [5.74, 6) is -5.11. The van der Waals surface area contributed by atoms with E-state index in [9.17, 15) is 24.0 Å². The molecule has 3 aromatic carbocycles. The Hall–Kier alpha value is -7.18. The SMILES string of the molecule is CCCn1cccn1.CNC(=O)C(CCC=O)NC(=O)c1cc(F)c(N2CC3(CCN(c4ccc(-c5cc(C6=CCCN(C=O)C6)c(F)c6[nH]c(C(=O)N(C)C)cc56)c(F)c4F)CC3)C2)cc1OC. The molecule has 4 amide bonds. The zero-order valence-corrected chi connectivity index (χ0v) is 39.3. The second kappa shape index (κ2) is 21.4. The molecule has 8 rings (SSSR count). The van der Waals surface area contributed by atoms with Crippen molar-refractivity contribution in [1.82, 2.24) is 35.2 Å². The monoisotopic (exact) mass is 955 g/mol. The first kappa shape index (κ1) is 49.7. The molecule has 2 fully saturated rings. The van der Waals surface area contributed by atoms with Crippen molar-refractivity contribution in [1.29, 1.82) is 0 Å². The maximum absolute atomic E-state index is 16.4. The van der Waals surface area contributed by atoms with Crippen molar-refractivity contribution in [2.45, 2.75) is 58.0 Å². The Morgan fingerprint density at radius 2 is 1.70 bits per heavy atom. The number of halogens is 4. The van der Waals surface area contributed by atoms with Gasteiger partial charge in [-0.1, -0.05) is 13.0 Å². The number of anilines is 2. The second-order valence-corrected chi connectivity index (χ2v) is 17.8. The van der Waals surface area contributed by atoms with E-state index < -0.39 is 47.0 Å². The van der Waals surface area contributed by atoms with E-state index in [2.05, 4.69) is 27.6 Å². The molecule has 2 aromatic heterocycles. The molecule has 5 aromatic rings. The molecule has 3 aliphatic rings. The molecule has 1 unspecified atom stereocenters. The summed E-state index contributed by atoms with van der Waals surface area (Å²) in [6.07, 6.45) is 9.86. The zero-order valence-electron chi connectivity index (χ0n) is 39.3. The highest BCUT2D eigenvalue weighted by molar-refractivity contribution is 6.05. The van der Waals surface area contributed by atoms with E-state index in [-0.39, 0.29) is 80.8 Å². The molecule has 2 saturated heterocycles. The van der Waals surface area contributed by atoms with Gasteiger partial charge < -0.3 is 44.7 Å². The van der Waals surface area contributed by atoms with Gasteiger partial charge in [0.15, 0.2) is 17.5 Å². The predicted octanol–water partition coefficient (Wildman–Crippen LogP) is 6.57. The minimum Gasteiger partial charge on any atom is -0.496 e. The number of piperidine rings is 1. The summed E-state index contributed by atoms with van der Waals surface area (Å²) >= 11 is 0. The van der Waals surface area contributed by atoms with Crippen LogP contribution in [0.3, 0.4) is 0 Å². The fourth-order valence-corrected chi connectivity index (χ4v) is 9.30. The Kier molecular flexibility index (Phi) is 15.4. The molecule has 0 aliphatic carbocycles. The predicted molar refractivity (Wildman–Crippen MR) is 254 cm³/mol. The van der Waals surface area contributed by atoms with E-state index in [0.29, 0.717) is 70.3 Å². The van der Waals surface area contributed by atoms with Crippen LogP contribution in [0.2, 0.25) is 0 Å². The number of aryl methyl sites for hydroxylation is 1. The minimum absolute atomic E-state index is 0.0397. The van der Waals surface area contributed by atoms with Gasteiger partial charge in [0, 0.05) is 114 Å². The lowest BCUT2D eigenvalue weighted by molar-refractivity contribution is -0.122. The summed E-state index contributed by atoms with van der Waals surface area (Å²) in [4.78, 5) is 70.1. The van der Waals surface area contributed by atoms with Crippen molar-refractivity contribution in [2.24, 2.45) is 5.41 Å². The molecule has 5 heterocycles. The van der Waals surface area contributed by atoms with Crippen LogP contribution in [0.1, 0.15) is 71.9 Å². The lowest BCUT2D eigenvalue weighted by Crippen LogP contribution is -2.60. The van der Waals surface area contributed by atoms with Gasteiger partial charge in [0.1, 0.15) is 29.6 Å². The highest BCUT2D eigenvalue weighted by atomic mass is 19.2. The molecule has 1 spiro atoms. The fourth-order valence-electron chi connectivity index (χ4n) is 9.30. The smallest absolute Gasteiger partial charge is 0.269 e. The van der Waals surface area contributed by atoms with Gasteiger partial charge in [0.05, 0.1) is 29.6 Å². The largest absolute Gasteiger partial charge is 0.496 e. The van der Waals surface area contributed by atoms with Gasteiger partial charge in [0.25, 0.3) is 11.8 Å². The Labute approximate surface area is 397 Å². The molecule has 0 radical (unpaired) electrons. The molecule has 366 valence electrons. The van der Waals surface area contributed by atoms with Crippen LogP contribution in [-0.4, -0.2) is 129 Å². The fraction of sp³-hybridized carbons (Fsp3) is 0.400. The lowest BCUT2D eigenvalue weighted by atomic mass is 9.71. The van der Waals surface area contributed by atoms with Gasteiger partial charge in [0.2, 0.25) is 12.3 Å². The van der Waals surface area contributed by atoms with E-state index in [4.69, 9.17) is 4.74 Å². The van der Waals surface area contributed by atoms with Crippen LogP contribution in [0.25, 0.3) is 27.6 Å². The van der Waals surface area contributed by atoms with E-state index in [1.165, 1.54) is 54.3 Å². The van der Waals surface area contributed by atoms with Crippen LogP contribution in [0.4, 0.5) is 28.9 Å². The summed E-state index contributed by atoms with van der Waals surface area (Å²) in [5.41, 5.74) is 0.667. The summed E-state index contributed by atoms with van der Waals surface area (Å²) in [7, 11) is 5.84. The van der Waals surface area contributed by atoms with Crippen LogP contribution in [0.15, 0.2) is 60.9 Å². The number of hydrogen-bond donors (Lipinski definition) is 3. The summed E-state index contributed by atoms with van der Waals surface area (Å²) in [5, 5.41) is 9.21. The molecule has 0 bridgehead atoms. The first-order valence-corrected chi connectivity index (χ1v) is 22.9. The number of rotatable bonds is 15. The molecule has 19 heteroatoms. The number of hydrogen-bond acceptors (Lipinski definition) is 9. The van der Waals surface area contributed by atoms with Crippen LogP contribution in [-0.2, 0) is 20.9 Å². The number of likely N-dealkylation sites (N-methyl/N-ethyl adjacent to an activating group) is 1. The number of carbonyl (C=O) groups excluding carboxylic acids is 5. The van der Waals surface area contributed by atoms with Crippen molar-refractivity contribution in [3.8, 4) is 16.9 Å². The number of amides is 4. The van der Waals surface area contributed by atoms with Gasteiger partial charge in [-0.05, 0) is 79.6 Å². The summed E-state index contributed by atoms with van der Waals surface area (Å²) in [6, 6.07) is 9.26. The quantitative estimate of drug-likeness (QED) is 0.0778. The third kappa shape index (κ3) is 10.5. The number of methoxy groups -OCH3 is 1. The number of nitrogens with one attached hydrogen (secondary N) is 3. The maximum atomic E-state index is 16.4. The lowest BCUT2D eigenvalue weighted by Gasteiger charge is -2.55. The van der Waals surface area contributed by atoms with Crippen molar-refractivity contribution < 1.29 is 46.3 Å². The van der Waals surface area contributed by atoms with E-state index in [0.717, 1.165) is 19.0 Å². The van der Waals surface area contributed by atoms with E-state index in [1.54, 1.807) is 25.2 Å². The number of H-pyrrole nitrogens is 1. The van der Waals surface area contributed by atoms with Crippen molar-refractivity contribution >= 4 is 58.3 Å². The van der Waals surface area contributed by atoms with Gasteiger partial charge >= 0.3 is 0 Å². The van der Waals surface area contributed by atoms with E-state index >= 15 is 17.6 Å². The van der Waals surface area contributed by atoms with Crippen molar-refractivity contribution in [3.63, 3.8) is 0 Å². The van der Waals surface area contributed by atoms with Gasteiger partial charge in [-0.15, -0.1) is 0 Å². The first-order valence-electron chi connectivity index (χ1n) is 22.9. The highest BCUT2D eigenvalue weighted by Gasteiger charge is 2.46. The molecule has 3 N–H and O–H groups in total. The second-order valence-electron chi connectivity index (χ2n) is 17.8. The molecule has 0 saturated carbocycles. The Balaban J connectivity index is 0.000000797.